The van der Waals surface area contributed by atoms with E-state index in [0.717, 1.165) is 25.4 Å². The maximum Gasteiger partial charge on any atom is 0.137 e. The monoisotopic (exact) mass is 312 g/mol. The van der Waals surface area contributed by atoms with E-state index in [9.17, 15) is 0 Å². The van der Waals surface area contributed by atoms with Crippen molar-refractivity contribution >= 4 is 0 Å². The third-order valence-electron chi connectivity index (χ3n) is 4.08. The fraction of sp³-hybridized carbons (Fsp3) is 0.429. The van der Waals surface area contributed by atoms with Crippen LogP contribution in [0, 0.1) is 6.92 Å². The molecule has 0 aromatic heterocycles. The molecular weight excluding hydrogens is 282 g/mol. The Hall–Kier alpha value is -1.80. The van der Waals surface area contributed by atoms with Gasteiger partial charge in [-0.25, -0.2) is 0 Å². The molecule has 0 spiro atoms. The highest BCUT2D eigenvalue weighted by Crippen LogP contribution is 2.31. The first kappa shape index (κ1) is 17.6. The van der Waals surface area contributed by atoms with Gasteiger partial charge in [-0.3, -0.25) is 0 Å². The zero-order valence-electron chi connectivity index (χ0n) is 15.1. The fourth-order valence-electron chi connectivity index (χ4n) is 2.74. The number of likely N-dealkylation sites (N-methyl/N-ethyl adjacent to an activating group) is 1. The molecule has 23 heavy (non-hydrogen) atoms. The topological polar surface area (TPSA) is 13.7 Å². The normalized spacial score (nSPS) is 12.9. The second-order valence-corrected chi connectivity index (χ2v) is 7.47. The Morgan fingerprint density at radius 1 is 1.00 bits per heavy atom. The van der Waals surface area contributed by atoms with Gasteiger partial charge in [0.2, 0.25) is 0 Å². The van der Waals surface area contributed by atoms with Gasteiger partial charge in [0.15, 0.2) is 0 Å². The van der Waals surface area contributed by atoms with E-state index in [1.165, 1.54) is 21.6 Å². The molecule has 0 amide bonds. The summed E-state index contributed by atoms with van der Waals surface area (Å²) in [5.41, 5.74) is 4.00. The molecule has 0 radical (unpaired) electrons. The molecule has 1 atom stereocenters. The lowest BCUT2D eigenvalue weighted by molar-refractivity contribution is -0.893. The van der Waals surface area contributed by atoms with Crippen molar-refractivity contribution in [3.05, 3.63) is 65.2 Å². The smallest absolute Gasteiger partial charge is 0.137 e. The SMILES string of the molecule is Cc1ccc(C(C)(C)C)c(OCC[NH+](C)Cc2ccccc2)c1. The van der Waals surface area contributed by atoms with Crippen LogP contribution in [0.25, 0.3) is 0 Å². The van der Waals surface area contributed by atoms with Gasteiger partial charge in [-0.1, -0.05) is 63.2 Å². The van der Waals surface area contributed by atoms with Gasteiger partial charge < -0.3 is 9.64 Å². The molecule has 124 valence electrons. The first-order chi connectivity index (χ1) is 10.9. The highest BCUT2D eigenvalue weighted by atomic mass is 16.5. The molecule has 2 heteroatoms. The van der Waals surface area contributed by atoms with Gasteiger partial charge in [0.05, 0.1) is 7.05 Å². The Balaban J connectivity index is 1.92. The van der Waals surface area contributed by atoms with E-state index >= 15 is 0 Å². The molecule has 2 aromatic carbocycles. The Labute approximate surface area is 141 Å². The van der Waals surface area contributed by atoms with Crippen LogP contribution in [0.2, 0.25) is 0 Å². The van der Waals surface area contributed by atoms with Crippen LogP contribution in [-0.4, -0.2) is 20.2 Å². The van der Waals surface area contributed by atoms with Crippen LogP contribution in [0.15, 0.2) is 48.5 Å². The zero-order chi connectivity index (χ0) is 16.9. The van der Waals surface area contributed by atoms with Crippen molar-refractivity contribution in [2.45, 2.75) is 39.7 Å². The summed E-state index contributed by atoms with van der Waals surface area (Å²) >= 11 is 0. The molecule has 2 nitrogen and oxygen atoms in total. The van der Waals surface area contributed by atoms with Gasteiger partial charge in [-0.05, 0) is 29.5 Å². The van der Waals surface area contributed by atoms with Gasteiger partial charge >= 0.3 is 0 Å². The number of benzene rings is 2. The summed E-state index contributed by atoms with van der Waals surface area (Å²) < 4.78 is 6.13. The van der Waals surface area contributed by atoms with Crippen molar-refractivity contribution in [1.29, 1.82) is 0 Å². The third kappa shape index (κ3) is 5.40. The molecule has 1 N–H and O–H groups in total. The van der Waals surface area contributed by atoms with Crippen LogP contribution < -0.4 is 9.64 Å². The number of hydrogen-bond donors (Lipinski definition) is 1. The zero-order valence-corrected chi connectivity index (χ0v) is 15.1. The number of hydrogen-bond acceptors (Lipinski definition) is 1. The van der Waals surface area contributed by atoms with Crippen molar-refractivity contribution < 1.29 is 9.64 Å². The number of rotatable bonds is 6. The first-order valence-corrected chi connectivity index (χ1v) is 8.45. The molecule has 0 heterocycles. The van der Waals surface area contributed by atoms with Gasteiger partial charge in [0.1, 0.15) is 25.4 Å². The van der Waals surface area contributed by atoms with Crippen LogP contribution in [0.1, 0.15) is 37.5 Å². The third-order valence-corrected chi connectivity index (χ3v) is 4.08. The lowest BCUT2D eigenvalue weighted by Gasteiger charge is -2.23. The number of quaternary nitrogens is 1. The average molecular weight is 312 g/mol. The lowest BCUT2D eigenvalue weighted by Crippen LogP contribution is -3.08. The summed E-state index contributed by atoms with van der Waals surface area (Å²) in [5.74, 6) is 1.03. The maximum absolute atomic E-state index is 6.13. The molecule has 0 aliphatic carbocycles. The number of ether oxygens (including phenoxy) is 1. The second-order valence-electron chi connectivity index (χ2n) is 7.47. The lowest BCUT2D eigenvalue weighted by atomic mass is 9.86. The van der Waals surface area contributed by atoms with Crippen molar-refractivity contribution in [2.24, 2.45) is 0 Å². The van der Waals surface area contributed by atoms with E-state index in [0.29, 0.717) is 0 Å². The quantitative estimate of drug-likeness (QED) is 0.863. The number of nitrogens with one attached hydrogen (secondary N) is 1. The summed E-state index contributed by atoms with van der Waals surface area (Å²) in [6.45, 7) is 11.6. The van der Waals surface area contributed by atoms with E-state index in [1.807, 2.05) is 0 Å². The van der Waals surface area contributed by atoms with Gasteiger partial charge in [0, 0.05) is 5.56 Å². The number of aryl methyl sites for hydroxylation is 1. The second kappa shape index (κ2) is 7.65. The highest BCUT2D eigenvalue weighted by molar-refractivity contribution is 5.41. The minimum absolute atomic E-state index is 0.103. The minimum Gasteiger partial charge on any atom is -0.487 e. The summed E-state index contributed by atoms with van der Waals surface area (Å²) in [4.78, 5) is 1.46. The Morgan fingerprint density at radius 3 is 2.35 bits per heavy atom. The van der Waals surface area contributed by atoms with Crippen LogP contribution >= 0.6 is 0 Å². The summed E-state index contributed by atoms with van der Waals surface area (Å²) in [6, 6.07) is 17.2. The summed E-state index contributed by atoms with van der Waals surface area (Å²) in [6.07, 6.45) is 0. The average Bonchev–Trinajstić information content (AvgIpc) is 2.47. The van der Waals surface area contributed by atoms with Crippen LogP contribution in [0.3, 0.4) is 0 Å². The Morgan fingerprint density at radius 2 is 1.70 bits per heavy atom. The van der Waals surface area contributed by atoms with Crippen LogP contribution in [0.4, 0.5) is 0 Å². The molecule has 0 saturated carbocycles. The van der Waals surface area contributed by atoms with Crippen molar-refractivity contribution in [3.63, 3.8) is 0 Å². The molecule has 0 bridgehead atoms. The molecule has 0 saturated heterocycles. The molecular formula is C21H30NO+. The first-order valence-electron chi connectivity index (χ1n) is 8.45. The van der Waals surface area contributed by atoms with Crippen LogP contribution in [0.5, 0.6) is 5.75 Å². The predicted octanol–water partition coefficient (Wildman–Crippen LogP) is 3.39. The van der Waals surface area contributed by atoms with Gasteiger partial charge in [-0.2, -0.15) is 0 Å². The van der Waals surface area contributed by atoms with E-state index in [2.05, 4.69) is 83.3 Å². The van der Waals surface area contributed by atoms with E-state index in [4.69, 9.17) is 4.74 Å². The molecule has 0 fully saturated rings. The molecule has 1 unspecified atom stereocenters. The maximum atomic E-state index is 6.13. The Kier molecular flexibility index (Phi) is 5.84. The van der Waals surface area contributed by atoms with Gasteiger partial charge in [-0.15, -0.1) is 0 Å². The van der Waals surface area contributed by atoms with Gasteiger partial charge in [0.25, 0.3) is 0 Å². The minimum atomic E-state index is 0.103. The standard InChI is InChI=1S/C21H29NO/c1-17-11-12-19(21(2,3)4)20(15-17)23-14-13-22(5)16-18-9-7-6-8-10-18/h6-12,15H,13-14,16H2,1-5H3/p+1. The van der Waals surface area contributed by atoms with Crippen molar-refractivity contribution in [3.8, 4) is 5.75 Å². The summed E-state index contributed by atoms with van der Waals surface area (Å²) in [7, 11) is 2.22. The van der Waals surface area contributed by atoms with Crippen LogP contribution in [-0.2, 0) is 12.0 Å². The van der Waals surface area contributed by atoms with E-state index in [1.54, 1.807) is 0 Å². The van der Waals surface area contributed by atoms with E-state index in [-0.39, 0.29) is 5.41 Å². The molecule has 0 aliphatic rings. The Bertz CT molecular complexity index is 613. The summed E-state index contributed by atoms with van der Waals surface area (Å²) in [5, 5.41) is 0. The largest absolute Gasteiger partial charge is 0.487 e. The molecule has 2 aromatic rings. The fourth-order valence-corrected chi connectivity index (χ4v) is 2.74. The van der Waals surface area contributed by atoms with Crippen molar-refractivity contribution in [2.75, 3.05) is 20.2 Å². The predicted molar refractivity (Wildman–Crippen MR) is 97.3 cm³/mol. The molecule has 2 rings (SSSR count). The van der Waals surface area contributed by atoms with E-state index < -0.39 is 0 Å². The highest BCUT2D eigenvalue weighted by Gasteiger charge is 2.19. The van der Waals surface area contributed by atoms with Crippen molar-refractivity contribution in [1.82, 2.24) is 0 Å². The molecule has 0 aliphatic heterocycles.